The van der Waals surface area contributed by atoms with E-state index < -0.39 is 0 Å². The third kappa shape index (κ3) is 4.37. The van der Waals surface area contributed by atoms with Crippen LogP contribution < -0.4 is 5.32 Å². The molecule has 33 heavy (non-hydrogen) atoms. The molecule has 0 unspecified atom stereocenters. The summed E-state index contributed by atoms with van der Waals surface area (Å²) in [5.74, 6) is 0.767. The molecule has 2 N–H and O–H groups in total. The van der Waals surface area contributed by atoms with E-state index in [-0.39, 0.29) is 17.7 Å². The number of carbonyl (C=O) groups is 2. The Kier molecular flexibility index (Phi) is 5.65. The second-order valence-corrected chi connectivity index (χ2v) is 8.55. The first-order chi connectivity index (χ1) is 16.1. The molecule has 3 aromatic carbocycles. The number of imidazole rings is 1. The van der Waals surface area contributed by atoms with Crippen molar-refractivity contribution in [1.29, 1.82) is 0 Å². The number of nitrogens with zero attached hydrogens (tertiary/aromatic N) is 2. The summed E-state index contributed by atoms with van der Waals surface area (Å²) in [6.07, 6.45) is 1.33. The molecule has 1 saturated heterocycles. The number of rotatable bonds is 4. The fourth-order valence-electron chi connectivity index (χ4n) is 4.37. The zero-order chi connectivity index (χ0) is 22.8. The Labute approximate surface area is 192 Å². The number of H-pyrrole nitrogens is 1. The maximum Gasteiger partial charge on any atom is 0.254 e. The highest BCUT2D eigenvalue weighted by Crippen LogP contribution is 2.24. The number of benzene rings is 3. The largest absolute Gasteiger partial charge is 0.339 e. The van der Waals surface area contributed by atoms with Crippen LogP contribution in [0, 0.1) is 12.8 Å². The van der Waals surface area contributed by atoms with E-state index in [4.69, 9.17) is 0 Å². The van der Waals surface area contributed by atoms with Gasteiger partial charge in [-0.2, -0.15) is 0 Å². The van der Waals surface area contributed by atoms with Crippen molar-refractivity contribution in [3.63, 3.8) is 0 Å². The third-order valence-electron chi connectivity index (χ3n) is 6.34. The summed E-state index contributed by atoms with van der Waals surface area (Å²) in [4.78, 5) is 35.4. The van der Waals surface area contributed by atoms with Crippen molar-refractivity contribution in [2.24, 2.45) is 5.92 Å². The van der Waals surface area contributed by atoms with Crippen molar-refractivity contribution < 1.29 is 9.59 Å². The molecule has 4 aromatic rings. The van der Waals surface area contributed by atoms with Crippen molar-refractivity contribution in [2.45, 2.75) is 19.8 Å². The predicted molar refractivity (Wildman–Crippen MR) is 130 cm³/mol. The fraction of sp³-hybridized carbons (Fsp3) is 0.222. The third-order valence-corrected chi connectivity index (χ3v) is 6.34. The minimum atomic E-state index is -0.0963. The van der Waals surface area contributed by atoms with E-state index >= 15 is 0 Å². The van der Waals surface area contributed by atoms with Crippen LogP contribution in [0.15, 0.2) is 72.8 Å². The Hall–Kier alpha value is -3.93. The molecule has 2 amide bonds. The van der Waals surface area contributed by atoms with Crippen LogP contribution in [-0.2, 0) is 4.79 Å². The molecule has 1 aliphatic heterocycles. The molecule has 0 spiro atoms. The number of anilines is 1. The minimum Gasteiger partial charge on any atom is -0.339 e. The van der Waals surface area contributed by atoms with Crippen LogP contribution in [0.1, 0.15) is 28.8 Å². The molecule has 0 saturated carbocycles. The number of amides is 2. The predicted octanol–water partition coefficient (Wildman–Crippen LogP) is 5.03. The van der Waals surface area contributed by atoms with E-state index in [9.17, 15) is 9.59 Å². The second-order valence-electron chi connectivity index (χ2n) is 8.55. The Balaban J connectivity index is 1.18. The van der Waals surface area contributed by atoms with Crippen LogP contribution in [0.2, 0.25) is 0 Å². The zero-order valence-electron chi connectivity index (χ0n) is 18.5. The molecular weight excluding hydrogens is 412 g/mol. The average Bonchev–Trinajstić information content (AvgIpc) is 3.29. The summed E-state index contributed by atoms with van der Waals surface area (Å²) in [7, 11) is 0. The van der Waals surface area contributed by atoms with Gasteiger partial charge in [-0.15, -0.1) is 0 Å². The smallest absolute Gasteiger partial charge is 0.254 e. The molecule has 0 atom stereocenters. The van der Waals surface area contributed by atoms with Gasteiger partial charge < -0.3 is 15.2 Å². The number of fused-ring (bicyclic) bond motifs is 1. The quantitative estimate of drug-likeness (QED) is 0.469. The van der Waals surface area contributed by atoms with Gasteiger partial charge in [-0.1, -0.05) is 30.3 Å². The van der Waals surface area contributed by atoms with E-state index in [1.54, 1.807) is 0 Å². The first kappa shape index (κ1) is 20.9. The minimum absolute atomic E-state index is 0.00878. The number of carbonyl (C=O) groups excluding carboxylic acids is 2. The molecule has 1 aromatic heterocycles. The van der Waals surface area contributed by atoms with Gasteiger partial charge in [0.05, 0.1) is 11.0 Å². The van der Waals surface area contributed by atoms with E-state index in [0.29, 0.717) is 25.9 Å². The average molecular weight is 439 g/mol. The fourth-order valence-corrected chi connectivity index (χ4v) is 4.37. The SMILES string of the molecule is Cc1ccccc1C(=O)N1CCC(C(=O)Nc2ccc(-c3nc4ccccc4[nH]3)cc2)CC1. The Morgan fingerprint density at radius 3 is 2.36 bits per heavy atom. The second kappa shape index (κ2) is 8.90. The van der Waals surface area contributed by atoms with Gasteiger partial charge in [0, 0.05) is 35.8 Å². The van der Waals surface area contributed by atoms with Gasteiger partial charge in [0.1, 0.15) is 5.82 Å². The van der Waals surface area contributed by atoms with Gasteiger partial charge in [-0.05, 0) is 67.8 Å². The molecular formula is C27H26N4O2. The lowest BCUT2D eigenvalue weighted by Crippen LogP contribution is -2.41. The number of para-hydroxylation sites is 2. The molecule has 1 aliphatic rings. The first-order valence-corrected chi connectivity index (χ1v) is 11.3. The van der Waals surface area contributed by atoms with E-state index in [0.717, 1.165) is 39.2 Å². The summed E-state index contributed by atoms with van der Waals surface area (Å²) in [6.45, 7) is 3.14. The number of piperidine rings is 1. The molecule has 0 aliphatic carbocycles. The standard InChI is InChI=1S/C27H26N4O2/c1-18-6-2-3-7-22(18)27(33)31-16-14-20(15-17-31)26(32)28-21-12-10-19(11-13-21)25-29-23-8-4-5-9-24(23)30-25/h2-13,20H,14-17H2,1H3,(H,28,32)(H,29,30). The number of aryl methyl sites for hydroxylation is 1. The lowest BCUT2D eigenvalue weighted by molar-refractivity contribution is -0.121. The van der Waals surface area contributed by atoms with Crippen LogP contribution >= 0.6 is 0 Å². The monoisotopic (exact) mass is 438 g/mol. The lowest BCUT2D eigenvalue weighted by atomic mass is 9.95. The number of aromatic amines is 1. The van der Waals surface area contributed by atoms with Crippen molar-refractivity contribution in [1.82, 2.24) is 14.9 Å². The molecule has 0 radical (unpaired) electrons. The van der Waals surface area contributed by atoms with Gasteiger partial charge >= 0.3 is 0 Å². The van der Waals surface area contributed by atoms with Crippen molar-refractivity contribution in [3.8, 4) is 11.4 Å². The molecule has 2 heterocycles. The van der Waals surface area contributed by atoms with Gasteiger partial charge in [-0.3, -0.25) is 9.59 Å². The summed E-state index contributed by atoms with van der Waals surface area (Å²) in [5, 5.41) is 3.03. The maximum atomic E-state index is 12.8. The van der Waals surface area contributed by atoms with Crippen LogP contribution in [0.5, 0.6) is 0 Å². The number of aromatic nitrogens is 2. The van der Waals surface area contributed by atoms with Crippen molar-refractivity contribution in [2.75, 3.05) is 18.4 Å². The van der Waals surface area contributed by atoms with E-state index in [2.05, 4.69) is 15.3 Å². The Morgan fingerprint density at radius 1 is 0.939 bits per heavy atom. The van der Waals surface area contributed by atoms with Crippen LogP contribution in [0.3, 0.4) is 0 Å². The molecule has 6 nitrogen and oxygen atoms in total. The first-order valence-electron chi connectivity index (χ1n) is 11.3. The summed E-state index contributed by atoms with van der Waals surface area (Å²) >= 11 is 0. The van der Waals surface area contributed by atoms with Crippen molar-refractivity contribution >= 4 is 28.5 Å². The highest BCUT2D eigenvalue weighted by atomic mass is 16.2. The van der Waals surface area contributed by atoms with Crippen LogP contribution in [0.25, 0.3) is 22.4 Å². The van der Waals surface area contributed by atoms with Gasteiger partial charge in [-0.25, -0.2) is 4.98 Å². The number of nitrogens with one attached hydrogen (secondary N) is 2. The molecule has 6 heteroatoms. The Bertz CT molecular complexity index is 1270. The molecule has 0 bridgehead atoms. The molecule has 1 fully saturated rings. The number of hydrogen-bond donors (Lipinski definition) is 2. The zero-order valence-corrected chi connectivity index (χ0v) is 18.5. The number of hydrogen-bond acceptors (Lipinski definition) is 3. The maximum absolute atomic E-state index is 12.8. The highest BCUT2D eigenvalue weighted by molar-refractivity contribution is 5.96. The highest BCUT2D eigenvalue weighted by Gasteiger charge is 2.28. The van der Waals surface area contributed by atoms with Crippen LogP contribution in [0.4, 0.5) is 5.69 Å². The summed E-state index contributed by atoms with van der Waals surface area (Å²) in [5.41, 5.74) is 5.37. The molecule has 5 rings (SSSR count). The summed E-state index contributed by atoms with van der Waals surface area (Å²) < 4.78 is 0. The lowest BCUT2D eigenvalue weighted by Gasteiger charge is -2.31. The topological polar surface area (TPSA) is 78.1 Å². The molecule has 166 valence electrons. The van der Waals surface area contributed by atoms with Gasteiger partial charge in [0.25, 0.3) is 5.91 Å². The van der Waals surface area contributed by atoms with E-state index in [1.807, 2.05) is 84.6 Å². The van der Waals surface area contributed by atoms with Gasteiger partial charge in [0.15, 0.2) is 0 Å². The van der Waals surface area contributed by atoms with Crippen molar-refractivity contribution in [3.05, 3.63) is 83.9 Å². The van der Waals surface area contributed by atoms with Gasteiger partial charge in [0.2, 0.25) is 5.91 Å². The number of likely N-dealkylation sites (tertiary alicyclic amines) is 1. The summed E-state index contributed by atoms with van der Waals surface area (Å²) in [6, 6.07) is 23.3. The normalized spacial score (nSPS) is 14.4. The van der Waals surface area contributed by atoms with Crippen LogP contribution in [-0.4, -0.2) is 39.8 Å². The Morgan fingerprint density at radius 2 is 1.64 bits per heavy atom. The van der Waals surface area contributed by atoms with E-state index in [1.165, 1.54) is 0 Å².